The van der Waals surface area contributed by atoms with Crippen LogP contribution in [0.1, 0.15) is 32.6 Å². The van der Waals surface area contributed by atoms with Crippen molar-refractivity contribution < 1.29 is 14.6 Å². The zero-order valence-electron chi connectivity index (χ0n) is 6.75. The Morgan fingerprint density at radius 1 is 1.64 bits per heavy atom. The van der Waals surface area contributed by atoms with E-state index in [9.17, 15) is 4.79 Å². The lowest BCUT2D eigenvalue weighted by Gasteiger charge is -2.08. The van der Waals surface area contributed by atoms with E-state index in [1.54, 1.807) is 0 Å². The maximum atomic E-state index is 10.2. The Morgan fingerprint density at radius 2 is 2.36 bits per heavy atom. The van der Waals surface area contributed by atoms with Crippen molar-refractivity contribution in [1.29, 1.82) is 0 Å². The molecule has 3 nitrogen and oxygen atoms in total. The van der Waals surface area contributed by atoms with Crippen LogP contribution in [0.15, 0.2) is 0 Å². The van der Waals surface area contributed by atoms with Crippen molar-refractivity contribution >= 4 is 5.97 Å². The van der Waals surface area contributed by atoms with Gasteiger partial charge in [-0.15, -0.1) is 0 Å². The highest BCUT2D eigenvalue weighted by Gasteiger charge is 2.21. The Labute approximate surface area is 66.4 Å². The normalized spacial score (nSPS) is 30.6. The molecule has 0 saturated carbocycles. The van der Waals surface area contributed by atoms with Gasteiger partial charge in [0.2, 0.25) is 0 Å². The monoisotopic (exact) mass is 158 g/mol. The molecule has 0 radical (unpaired) electrons. The van der Waals surface area contributed by atoms with Crippen LogP contribution >= 0.6 is 0 Å². The van der Waals surface area contributed by atoms with Crippen molar-refractivity contribution in [2.75, 3.05) is 0 Å². The van der Waals surface area contributed by atoms with Crippen LogP contribution in [0.5, 0.6) is 0 Å². The van der Waals surface area contributed by atoms with E-state index >= 15 is 0 Å². The molecule has 1 aliphatic heterocycles. The van der Waals surface area contributed by atoms with Gasteiger partial charge in [-0.1, -0.05) is 0 Å². The van der Waals surface area contributed by atoms with Gasteiger partial charge in [0.05, 0.1) is 12.2 Å². The van der Waals surface area contributed by atoms with Gasteiger partial charge in [-0.25, -0.2) is 0 Å². The van der Waals surface area contributed by atoms with Gasteiger partial charge in [0, 0.05) is 6.42 Å². The molecule has 1 N–H and O–H groups in total. The Bertz CT molecular complexity index is 144. The van der Waals surface area contributed by atoms with Gasteiger partial charge >= 0.3 is 5.97 Å². The number of hydrogen-bond acceptors (Lipinski definition) is 2. The third kappa shape index (κ3) is 2.89. The van der Waals surface area contributed by atoms with Crippen molar-refractivity contribution in [3.8, 4) is 0 Å². The number of carbonyl (C=O) groups is 1. The maximum Gasteiger partial charge on any atom is 0.303 e. The summed E-state index contributed by atoms with van der Waals surface area (Å²) in [4.78, 5) is 10.2. The minimum Gasteiger partial charge on any atom is -0.481 e. The summed E-state index contributed by atoms with van der Waals surface area (Å²) in [6.07, 6.45) is 3.52. The molecule has 0 aromatic heterocycles. The SMILES string of the molecule is C[C@H]1CC[C@@H](CCC(=O)O)O1. The fourth-order valence-corrected chi connectivity index (χ4v) is 1.38. The molecule has 1 saturated heterocycles. The van der Waals surface area contributed by atoms with Crippen LogP contribution in [0, 0.1) is 0 Å². The molecular weight excluding hydrogens is 144 g/mol. The maximum absolute atomic E-state index is 10.2. The first kappa shape index (κ1) is 8.53. The van der Waals surface area contributed by atoms with Crippen LogP contribution in [0.4, 0.5) is 0 Å². The second-order valence-corrected chi connectivity index (χ2v) is 3.08. The summed E-state index contributed by atoms with van der Waals surface area (Å²) in [5.41, 5.74) is 0. The van der Waals surface area contributed by atoms with E-state index in [4.69, 9.17) is 9.84 Å². The van der Waals surface area contributed by atoms with Crippen molar-refractivity contribution in [3.05, 3.63) is 0 Å². The average molecular weight is 158 g/mol. The molecule has 64 valence electrons. The van der Waals surface area contributed by atoms with Crippen LogP contribution < -0.4 is 0 Å². The fourth-order valence-electron chi connectivity index (χ4n) is 1.38. The van der Waals surface area contributed by atoms with Crippen molar-refractivity contribution in [2.45, 2.75) is 44.8 Å². The highest BCUT2D eigenvalue weighted by Crippen LogP contribution is 2.22. The van der Waals surface area contributed by atoms with Gasteiger partial charge in [0.1, 0.15) is 0 Å². The lowest BCUT2D eigenvalue weighted by Crippen LogP contribution is -2.10. The summed E-state index contributed by atoms with van der Waals surface area (Å²) in [5.74, 6) is -0.729. The second kappa shape index (κ2) is 3.72. The summed E-state index contributed by atoms with van der Waals surface area (Å²) in [7, 11) is 0. The molecule has 11 heavy (non-hydrogen) atoms. The Hall–Kier alpha value is -0.570. The minimum atomic E-state index is -0.729. The summed E-state index contributed by atoms with van der Waals surface area (Å²) in [5, 5.41) is 8.38. The Balaban J connectivity index is 2.13. The van der Waals surface area contributed by atoms with Gasteiger partial charge in [-0.2, -0.15) is 0 Å². The molecule has 0 unspecified atom stereocenters. The molecule has 1 aliphatic rings. The molecule has 0 spiro atoms. The third-order valence-electron chi connectivity index (χ3n) is 2.00. The van der Waals surface area contributed by atoms with Crippen molar-refractivity contribution in [2.24, 2.45) is 0 Å². The first-order valence-corrected chi connectivity index (χ1v) is 4.05. The molecule has 1 fully saturated rings. The Morgan fingerprint density at radius 3 is 2.82 bits per heavy atom. The zero-order chi connectivity index (χ0) is 8.27. The van der Waals surface area contributed by atoms with Gasteiger partial charge < -0.3 is 9.84 Å². The third-order valence-corrected chi connectivity index (χ3v) is 2.00. The average Bonchev–Trinajstić information content (AvgIpc) is 2.31. The van der Waals surface area contributed by atoms with E-state index in [1.807, 2.05) is 6.92 Å². The van der Waals surface area contributed by atoms with E-state index in [-0.39, 0.29) is 12.5 Å². The molecule has 0 aromatic rings. The minimum absolute atomic E-state index is 0.195. The smallest absolute Gasteiger partial charge is 0.303 e. The van der Waals surface area contributed by atoms with Crippen LogP contribution in [-0.2, 0) is 9.53 Å². The highest BCUT2D eigenvalue weighted by atomic mass is 16.5. The number of carboxylic acids is 1. The number of rotatable bonds is 3. The van der Waals surface area contributed by atoms with Crippen LogP contribution in [0.3, 0.4) is 0 Å². The molecule has 0 amide bonds. The number of ether oxygens (including phenoxy) is 1. The van der Waals surface area contributed by atoms with Crippen LogP contribution in [0.2, 0.25) is 0 Å². The molecule has 1 rings (SSSR count). The van der Waals surface area contributed by atoms with Crippen LogP contribution in [-0.4, -0.2) is 23.3 Å². The van der Waals surface area contributed by atoms with Gasteiger partial charge in [0.15, 0.2) is 0 Å². The topological polar surface area (TPSA) is 46.5 Å². The van der Waals surface area contributed by atoms with Gasteiger partial charge in [-0.3, -0.25) is 4.79 Å². The predicted octanol–water partition coefficient (Wildman–Crippen LogP) is 1.42. The summed E-state index contributed by atoms with van der Waals surface area (Å²) >= 11 is 0. The largest absolute Gasteiger partial charge is 0.481 e. The standard InChI is InChI=1S/C8H14O3/c1-6-2-3-7(11-6)4-5-8(9)10/h6-7H,2-5H2,1H3,(H,9,10)/t6-,7-/m0/s1. The van der Waals surface area contributed by atoms with Gasteiger partial charge in [0.25, 0.3) is 0 Å². The molecule has 0 bridgehead atoms. The van der Waals surface area contributed by atoms with Crippen molar-refractivity contribution in [1.82, 2.24) is 0 Å². The molecule has 2 atom stereocenters. The fraction of sp³-hybridized carbons (Fsp3) is 0.875. The summed E-state index contributed by atoms with van der Waals surface area (Å²) in [6.45, 7) is 2.03. The van der Waals surface area contributed by atoms with Crippen molar-refractivity contribution in [3.63, 3.8) is 0 Å². The molecular formula is C8H14O3. The summed E-state index contributed by atoms with van der Waals surface area (Å²) < 4.78 is 5.45. The Kier molecular flexibility index (Phi) is 2.88. The molecule has 0 aromatic carbocycles. The lowest BCUT2D eigenvalue weighted by atomic mass is 10.1. The number of carboxylic acid groups (broad SMARTS) is 1. The zero-order valence-corrected chi connectivity index (χ0v) is 6.75. The lowest BCUT2D eigenvalue weighted by molar-refractivity contribution is -0.137. The van der Waals surface area contributed by atoms with E-state index in [1.165, 1.54) is 0 Å². The molecule has 1 heterocycles. The van der Waals surface area contributed by atoms with E-state index in [0.717, 1.165) is 12.8 Å². The van der Waals surface area contributed by atoms with E-state index in [0.29, 0.717) is 12.5 Å². The number of hydrogen-bond donors (Lipinski definition) is 1. The van der Waals surface area contributed by atoms with Crippen LogP contribution in [0.25, 0.3) is 0 Å². The van der Waals surface area contributed by atoms with E-state index < -0.39 is 5.97 Å². The summed E-state index contributed by atoms with van der Waals surface area (Å²) in [6, 6.07) is 0. The molecule has 3 heteroatoms. The molecule has 0 aliphatic carbocycles. The number of aliphatic carboxylic acids is 1. The highest BCUT2D eigenvalue weighted by molar-refractivity contribution is 5.66. The van der Waals surface area contributed by atoms with Gasteiger partial charge in [-0.05, 0) is 26.2 Å². The second-order valence-electron chi connectivity index (χ2n) is 3.08. The first-order valence-electron chi connectivity index (χ1n) is 4.05. The first-order chi connectivity index (χ1) is 5.18. The van der Waals surface area contributed by atoms with E-state index in [2.05, 4.69) is 0 Å². The quantitative estimate of drug-likeness (QED) is 0.675. The predicted molar refractivity (Wildman–Crippen MR) is 40.4 cm³/mol.